The Hall–Kier alpha value is -3.70. The smallest absolute Gasteiger partial charge is 0.340 e. The fourth-order valence-corrected chi connectivity index (χ4v) is 5.59. The van der Waals surface area contributed by atoms with Crippen LogP contribution >= 0.6 is 0 Å². The molecule has 11 heteroatoms. The van der Waals surface area contributed by atoms with Gasteiger partial charge < -0.3 is 24.8 Å². The maximum absolute atomic E-state index is 13.9. The first-order valence-corrected chi connectivity index (χ1v) is 12.6. The first kappa shape index (κ1) is 25.9. The average molecular weight is 528 g/mol. The number of nitrogens with zero attached hydrogens (tertiary/aromatic N) is 2. The largest absolute Gasteiger partial charge is 0.458 e. The predicted octanol–water partition coefficient (Wildman–Crippen LogP) is 2.97. The predicted molar refractivity (Wildman–Crippen MR) is 133 cm³/mol. The summed E-state index contributed by atoms with van der Waals surface area (Å²) in [6.07, 6.45) is -3.80. The van der Waals surface area contributed by atoms with Gasteiger partial charge in [0.05, 0.1) is 35.1 Å². The second kappa shape index (κ2) is 9.88. The van der Waals surface area contributed by atoms with Gasteiger partial charge in [0.2, 0.25) is 5.91 Å². The zero-order valence-corrected chi connectivity index (χ0v) is 20.9. The topological polar surface area (TPSA) is 131 Å². The highest BCUT2D eigenvalue weighted by Crippen LogP contribution is 2.47. The zero-order chi connectivity index (χ0) is 27.3. The Morgan fingerprint density at radius 2 is 2.00 bits per heavy atom. The SMILES string of the molecule is CC.O=C(CCCO)NC1Cc2c(C(F)F)ccc3nc4c(c1c23)Cn1c-4cc2c(c1=O)COC(=O)C2O. The standard InChI is InChI=1S/C25H21F2N3O6.C2H6/c26-23(27)10-3-4-15-19-11(10)6-16(28-18(32)2-1-5-31)20(19)13-8-30-17(21(13)29-15)7-12-14(24(30)34)9-36-25(35)22(12)33;1-2/h3-4,7,16,22-23,31,33H,1-2,5-6,8-9H2,(H,28,32);1-2H3. The molecule has 3 aromatic rings. The van der Waals surface area contributed by atoms with Crippen LogP contribution in [0.1, 0.15) is 78.6 Å². The van der Waals surface area contributed by atoms with E-state index in [1.54, 1.807) is 6.07 Å². The van der Waals surface area contributed by atoms with Gasteiger partial charge >= 0.3 is 5.97 Å². The molecule has 6 rings (SSSR count). The Labute approximate surface area is 216 Å². The molecule has 0 bridgehead atoms. The molecule has 1 amide bonds. The molecule has 3 aliphatic rings. The fraction of sp³-hybridized carbons (Fsp3) is 0.407. The summed E-state index contributed by atoms with van der Waals surface area (Å²) in [7, 11) is 0. The molecule has 38 heavy (non-hydrogen) atoms. The van der Waals surface area contributed by atoms with E-state index in [2.05, 4.69) is 5.32 Å². The van der Waals surface area contributed by atoms with Gasteiger partial charge in [0.15, 0.2) is 6.10 Å². The molecule has 0 saturated carbocycles. The molecule has 0 fully saturated rings. The fourth-order valence-electron chi connectivity index (χ4n) is 5.59. The third-order valence-electron chi connectivity index (χ3n) is 7.20. The van der Waals surface area contributed by atoms with Crippen molar-refractivity contribution < 1.29 is 33.3 Å². The summed E-state index contributed by atoms with van der Waals surface area (Å²) in [5.41, 5.74) is 2.75. The van der Waals surface area contributed by atoms with Crippen LogP contribution in [-0.4, -0.2) is 38.2 Å². The molecule has 9 nitrogen and oxygen atoms in total. The van der Waals surface area contributed by atoms with Crippen LogP contribution in [0, 0.1) is 0 Å². The van der Waals surface area contributed by atoms with Crippen LogP contribution in [0.5, 0.6) is 0 Å². The molecule has 0 saturated heterocycles. The summed E-state index contributed by atoms with van der Waals surface area (Å²) in [6.45, 7) is 3.69. The summed E-state index contributed by atoms with van der Waals surface area (Å²) < 4.78 is 34.1. The molecule has 2 aliphatic heterocycles. The highest BCUT2D eigenvalue weighted by Gasteiger charge is 2.39. The molecule has 3 N–H and O–H groups in total. The second-order valence-electron chi connectivity index (χ2n) is 9.20. The molecule has 200 valence electrons. The van der Waals surface area contributed by atoms with E-state index in [0.717, 1.165) is 0 Å². The normalized spacial score (nSPS) is 18.4. The number of halogens is 2. The van der Waals surface area contributed by atoms with Gasteiger partial charge in [-0.15, -0.1) is 0 Å². The molecule has 2 atom stereocenters. The lowest BCUT2D eigenvalue weighted by Gasteiger charge is -2.21. The van der Waals surface area contributed by atoms with Crippen LogP contribution < -0.4 is 10.9 Å². The monoisotopic (exact) mass is 527 g/mol. The van der Waals surface area contributed by atoms with Crippen molar-refractivity contribution in [3.8, 4) is 11.4 Å². The van der Waals surface area contributed by atoms with Crippen LogP contribution in [0.25, 0.3) is 22.3 Å². The number of ether oxygens (including phenoxy) is 1. The number of hydrogen-bond acceptors (Lipinski definition) is 7. The molecule has 2 unspecified atom stereocenters. The Bertz CT molecular complexity index is 1530. The minimum absolute atomic E-state index is 0.0831. The first-order chi connectivity index (χ1) is 18.3. The van der Waals surface area contributed by atoms with Crippen molar-refractivity contribution in [2.75, 3.05) is 6.61 Å². The highest BCUT2D eigenvalue weighted by molar-refractivity contribution is 5.95. The number of aliphatic hydroxyl groups is 2. The summed E-state index contributed by atoms with van der Waals surface area (Å²) in [6, 6.07) is 3.78. The van der Waals surface area contributed by atoms with Gasteiger partial charge in [-0.25, -0.2) is 18.6 Å². The number of amides is 1. The lowest BCUT2D eigenvalue weighted by atomic mass is 9.97. The maximum Gasteiger partial charge on any atom is 0.340 e. The quantitative estimate of drug-likeness (QED) is 0.340. The third-order valence-corrected chi connectivity index (χ3v) is 7.20. The van der Waals surface area contributed by atoms with Crippen LogP contribution in [-0.2, 0) is 33.9 Å². The lowest BCUT2D eigenvalue weighted by Crippen LogP contribution is -2.32. The molecule has 0 spiro atoms. The number of carbonyl (C=O) groups excluding carboxylic acids is 2. The number of pyridine rings is 2. The third kappa shape index (κ3) is 3.88. The van der Waals surface area contributed by atoms with Crippen molar-refractivity contribution in [3.63, 3.8) is 0 Å². The molecule has 2 aromatic heterocycles. The zero-order valence-electron chi connectivity index (χ0n) is 20.9. The molecule has 0 radical (unpaired) electrons. The van der Waals surface area contributed by atoms with Gasteiger partial charge in [-0.3, -0.25) is 9.59 Å². The maximum atomic E-state index is 13.9. The van der Waals surface area contributed by atoms with Gasteiger partial charge in [0, 0.05) is 35.1 Å². The van der Waals surface area contributed by atoms with E-state index in [1.807, 2.05) is 13.8 Å². The molecule has 1 aromatic carbocycles. The summed E-state index contributed by atoms with van der Waals surface area (Å²) in [4.78, 5) is 42.4. The minimum atomic E-state index is -2.71. The number of alkyl halides is 2. The van der Waals surface area contributed by atoms with E-state index in [-0.39, 0.29) is 61.6 Å². The van der Waals surface area contributed by atoms with E-state index < -0.39 is 30.1 Å². The highest BCUT2D eigenvalue weighted by atomic mass is 19.3. The Kier molecular flexibility index (Phi) is 6.74. The van der Waals surface area contributed by atoms with E-state index in [9.17, 15) is 28.3 Å². The van der Waals surface area contributed by atoms with Crippen molar-refractivity contribution >= 4 is 22.8 Å². The summed E-state index contributed by atoms with van der Waals surface area (Å²) >= 11 is 0. The van der Waals surface area contributed by atoms with E-state index in [4.69, 9.17) is 14.8 Å². The van der Waals surface area contributed by atoms with Crippen molar-refractivity contribution in [1.29, 1.82) is 0 Å². The molecular formula is C27H27F2N3O6. The van der Waals surface area contributed by atoms with Crippen LogP contribution in [0.3, 0.4) is 0 Å². The van der Waals surface area contributed by atoms with E-state index in [1.165, 1.54) is 16.7 Å². The number of aromatic nitrogens is 2. The van der Waals surface area contributed by atoms with Gasteiger partial charge in [-0.1, -0.05) is 19.9 Å². The Morgan fingerprint density at radius 3 is 2.71 bits per heavy atom. The second-order valence-corrected chi connectivity index (χ2v) is 9.20. The molecule has 1 aliphatic carbocycles. The number of esters is 1. The Balaban J connectivity index is 0.00000144. The van der Waals surface area contributed by atoms with E-state index in [0.29, 0.717) is 39.0 Å². The van der Waals surface area contributed by atoms with Crippen LogP contribution in [0.15, 0.2) is 23.0 Å². The Morgan fingerprint density at radius 1 is 1.24 bits per heavy atom. The van der Waals surface area contributed by atoms with Gasteiger partial charge in [-0.05, 0) is 36.1 Å². The number of rotatable bonds is 5. The number of aliphatic hydroxyl groups excluding tert-OH is 2. The van der Waals surface area contributed by atoms with Crippen LogP contribution in [0.4, 0.5) is 8.78 Å². The average Bonchev–Trinajstić information content (AvgIpc) is 3.46. The van der Waals surface area contributed by atoms with Crippen molar-refractivity contribution in [2.24, 2.45) is 0 Å². The van der Waals surface area contributed by atoms with Gasteiger partial charge in [0.1, 0.15) is 6.61 Å². The van der Waals surface area contributed by atoms with Crippen molar-refractivity contribution in [1.82, 2.24) is 14.9 Å². The minimum Gasteiger partial charge on any atom is -0.458 e. The molecular weight excluding hydrogens is 500 g/mol. The van der Waals surface area contributed by atoms with E-state index >= 15 is 0 Å². The van der Waals surface area contributed by atoms with Crippen LogP contribution in [0.2, 0.25) is 0 Å². The summed E-state index contributed by atoms with van der Waals surface area (Å²) in [5, 5.41) is 22.9. The number of cyclic esters (lactones) is 1. The van der Waals surface area contributed by atoms with Gasteiger partial charge in [0.25, 0.3) is 12.0 Å². The molecule has 4 heterocycles. The number of benzene rings is 1. The number of fused-ring (bicyclic) bond motifs is 5. The number of nitrogens with one attached hydrogen (secondary N) is 1. The van der Waals surface area contributed by atoms with Gasteiger partial charge in [-0.2, -0.15) is 0 Å². The van der Waals surface area contributed by atoms with Crippen molar-refractivity contribution in [3.05, 3.63) is 61.9 Å². The number of hydrogen-bond donors (Lipinski definition) is 3. The number of carbonyl (C=O) groups is 2. The lowest BCUT2D eigenvalue weighted by molar-refractivity contribution is -0.157. The first-order valence-electron chi connectivity index (χ1n) is 12.6. The van der Waals surface area contributed by atoms with Crippen molar-refractivity contribution in [2.45, 2.75) is 64.8 Å². The summed E-state index contributed by atoms with van der Waals surface area (Å²) in [5.74, 6) is -1.16.